The van der Waals surface area contributed by atoms with Crippen molar-refractivity contribution in [2.45, 2.75) is 6.61 Å². The second-order valence-corrected chi connectivity index (χ2v) is 8.37. The van der Waals surface area contributed by atoms with Gasteiger partial charge in [0.1, 0.15) is 12.4 Å². The molecule has 0 unspecified atom stereocenters. The number of ether oxygens (including phenoxy) is 1. The maximum Gasteiger partial charge on any atom is 0.279 e. The largest absolute Gasteiger partial charge is 0.487 e. The lowest BCUT2D eigenvalue weighted by atomic mass is 10.0. The van der Waals surface area contributed by atoms with Crippen LogP contribution in [0.1, 0.15) is 16.8 Å². The van der Waals surface area contributed by atoms with E-state index in [2.05, 4.69) is 9.98 Å². The van der Waals surface area contributed by atoms with E-state index in [0.717, 1.165) is 27.7 Å². The van der Waals surface area contributed by atoms with E-state index in [0.29, 0.717) is 23.0 Å². The number of fused-ring (bicyclic) bond motifs is 1. The lowest BCUT2D eigenvalue weighted by molar-refractivity contribution is -0.112. The third-order valence-corrected chi connectivity index (χ3v) is 5.28. The fourth-order valence-electron chi connectivity index (χ4n) is 3.31. The van der Waals surface area contributed by atoms with Gasteiger partial charge in [0.25, 0.3) is 5.91 Å². The van der Waals surface area contributed by atoms with Gasteiger partial charge in [-0.25, -0.2) is 4.98 Å². The van der Waals surface area contributed by atoms with E-state index in [1.165, 1.54) is 6.34 Å². The molecule has 0 radical (unpaired) electrons. The molecule has 4 aromatic rings. The second-order valence-electron chi connectivity index (χ2n) is 7.93. The van der Waals surface area contributed by atoms with Gasteiger partial charge in [0.15, 0.2) is 0 Å². The summed E-state index contributed by atoms with van der Waals surface area (Å²) in [6, 6.07) is 26.7. The van der Waals surface area contributed by atoms with Gasteiger partial charge in [0, 0.05) is 30.1 Å². The molecule has 5 nitrogen and oxygen atoms in total. The molecule has 1 aromatic heterocycles. The number of aromatic nitrogens is 1. The standard InChI is InChI=1S/C28H24ClN3O2/c1-32(2)19-30-28(33)26(17-20-7-12-23(29)13-8-20)21-10-15-25(16-11-21)34-18-24-14-9-22-5-3-4-6-27(22)31-24/h3-17,19H,18H2,1-2H3/b26-17+,30-19-. The fourth-order valence-corrected chi connectivity index (χ4v) is 3.43. The molecule has 0 atom stereocenters. The number of hydrogen-bond acceptors (Lipinski definition) is 3. The van der Waals surface area contributed by atoms with Gasteiger partial charge in [0.2, 0.25) is 0 Å². The quantitative estimate of drug-likeness (QED) is 0.141. The van der Waals surface area contributed by atoms with Crippen LogP contribution in [0, 0.1) is 0 Å². The van der Waals surface area contributed by atoms with E-state index in [-0.39, 0.29) is 5.91 Å². The Balaban J connectivity index is 1.53. The summed E-state index contributed by atoms with van der Waals surface area (Å²) >= 11 is 6.00. The van der Waals surface area contributed by atoms with E-state index >= 15 is 0 Å². The number of carbonyl (C=O) groups excluding carboxylic acids is 1. The first-order valence-electron chi connectivity index (χ1n) is 10.8. The van der Waals surface area contributed by atoms with Crippen LogP contribution in [0.2, 0.25) is 5.02 Å². The molecule has 170 valence electrons. The molecule has 0 aliphatic rings. The Bertz CT molecular complexity index is 1340. The SMILES string of the molecule is CN(C)/C=N\C(=O)/C(=C/c1ccc(Cl)cc1)c1ccc(OCc2ccc3ccccc3n2)cc1. The Morgan fingerprint density at radius 1 is 0.971 bits per heavy atom. The summed E-state index contributed by atoms with van der Waals surface area (Å²) < 4.78 is 5.93. The van der Waals surface area contributed by atoms with Crippen LogP contribution in [0.15, 0.2) is 89.9 Å². The zero-order valence-corrected chi connectivity index (χ0v) is 19.7. The molecule has 0 bridgehead atoms. The van der Waals surface area contributed by atoms with Crippen LogP contribution in [0.3, 0.4) is 0 Å². The number of aliphatic imine (C=N–C) groups is 1. The molecule has 0 aliphatic heterocycles. The van der Waals surface area contributed by atoms with Gasteiger partial charge in [-0.2, -0.15) is 4.99 Å². The molecule has 0 N–H and O–H groups in total. The van der Waals surface area contributed by atoms with Crippen molar-refractivity contribution >= 4 is 46.4 Å². The molecule has 4 rings (SSSR count). The number of halogens is 1. The summed E-state index contributed by atoms with van der Waals surface area (Å²) in [4.78, 5) is 23.3. The maximum absolute atomic E-state index is 12.9. The number of rotatable bonds is 7. The molecule has 1 heterocycles. The Morgan fingerprint density at radius 2 is 1.71 bits per heavy atom. The number of nitrogens with zero attached hydrogens (tertiary/aromatic N) is 3. The van der Waals surface area contributed by atoms with Crippen LogP contribution in [0.4, 0.5) is 0 Å². The predicted octanol–water partition coefficient (Wildman–Crippen LogP) is 6.12. The Labute approximate surface area is 204 Å². The summed E-state index contributed by atoms with van der Waals surface area (Å²) in [6.07, 6.45) is 3.30. The highest BCUT2D eigenvalue weighted by Crippen LogP contribution is 2.24. The van der Waals surface area contributed by atoms with Crippen molar-refractivity contribution in [2.75, 3.05) is 14.1 Å². The van der Waals surface area contributed by atoms with Crippen LogP contribution in [0.25, 0.3) is 22.6 Å². The maximum atomic E-state index is 12.9. The molecule has 0 fully saturated rings. The highest BCUT2D eigenvalue weighted by molar-refractivity contribution is 6.30. The second kappa shape index (κ2) is 10.8. The normalized spacial score (nSPS) is 11.7. The third kappa shape index (κ3) is 6.09. The molecular weight excluding hydrogens is 446 g/mol. The summed E-state index contributed by atoms with van der Waals surface area (Å²) in [7, 11) is 3.63. The minimum absolute atomic E-state index is 0.335. The smallest absolute Gasteiger partial charge is 0.279 e. The lowest BCUT2D eigenvalue weighted by Gasteiger charge is -2.09. The first kappa shape index (κ1) is 23.2. The van der Waals surface area contributed by atoms with Crippen molar-refractivity contribution in [2.24, 2.45) is 4.99 Å². The monoisotopic (exact) mass is 469 g/mol. The van der Waals surface area contributed by atoms with Crippen LogP contribution in [-0.2, 0) is 11.4 Å². The number of hydrogen-bond donors (Lipinski definition) is 0. The number of para-hydroxylation sites is 1. The van der Waals surface area contributed by atoms with E-state index in [4.69, 9.17) is 16.3 Å². The molecule has 0 saturated heterocycles. The molecular formula is C28H24ClN3O2. The van der Waals surface area contributed by atoms with Crippen molar-refractivity contribution in [1.29, 1.82) is 0 Å². The van der Waals surface area contributed by atoms with Crippen molar-refractivity contribution in [3.8, 4) is 5.75 Å². The molecule has 1 amide bonds. The van der Waals surface area contributed by atoms with Crippen LogP contribution >= 0.6 is 11.6 Å². The van der Waals surface area contributed by atoms with Crippen LogP contribution in [0.5, 0.6) is 5.75 Å². The van der Waals surface area contributed by atoms with Gasteiger partial charge >= 0.3 is 0 Å². The lowest BCUT2D eigenvalue weighted by Crippen LogP contribution is -2.10. The Morgan fingerprint density at radius 3 is 2.44 bits per heavy atom. The molecule has 6 heteroatoms. The van der Waals surface area contributed by atoms with Gasteiger partial charge in [-0.05, 0) is 53.6 Å². The Hall–Kier alpha value is -3.96. The zero-order valence-electron chi connectivity index (χ0n) is 19.0. The summed E-state index contributed by atoms with van der Waals surface area (Å²) in [5, 5.41) is 1.73. The first-order valence-corrected chi connectivity index (χ1v) is 11.2. The zero-order chi connectivity index (χ0) is 23.9. The van der Waals surface area contributed by atoms with Gasteiger partial charge in [0.05, 0.1) is 17.5 Å². The summed E-state index contributed by atoms with van der Waals surface area (Å²) in [6.45, 7) is 0.351. The number of pyridine rings is 1. The predicted molar refractivity (Wildman–Crippen MR) is 139 cm³/mol. The number of carbonyl (C=O) groups is 1. The molecule has 0 aliphatic carbocycles. The van der Waals surface area contributed by atoms with Crippen LogP contribution in [-0.4, -0.2) is 36.2 Å². The molecule has 0 spiro atoms. The van der Waals surface area contributed by atoms with Crippen molar-refractivity contribution in [3.63, 3.8) is 0 Å². The topological polar surface area (TPSA) is 54.8 Å². The third-order valence-electron chi connectivity index (χ3n) is 5.03. The van der Waals surface area contributed by atoms with Gasteiger partial charge < -0.3 is 9.64 Å². The van der Waals surface area contributed by atoms with E-state index in [1.807, 2.05) is 86.9 Å². The van der Waals surface area contributed by atoms with E-state index < -0.39 is 0 Å². The Kier molecular flexibility index (Phi) is 7.35. The minimum atomic E-state index is -0.335. The van der Waals surface area contributed by atoms with Gasteiger partial charge in [-0.3, -0.25) is 4.79 Å². The highest BCUT2D eigenvalue weighted by atomic mass is 35.5. The summed E-state index contributed by atoms with van der Waals surface area (Å²) in [5.74, 6) is 0.353. The van der Waals surface area contributed by atoms with Crippen molar-refractivity contribution < 1.29 is 9.53 Å². The van der Waals surface area contributed by atoms with Gasteiger partial charge in [-0.15, -0.1) is 0 Å². The average molecular weight is 470 g/mol. The first-order chi connectivity index (χ1) is 16.5. The fraction of sp³-hybridized carbons (Fsp3) is 0.107. The van der Waals surface area contributed by atoms with E-state index in [1.54, 1.807) is 23.1 Å². The van der Waals surface area contributed by atoms with Crippen molar-refractivity contribution in [3.05, 3.63) is 107 Å². The summed E-state index contributed by atoms with van der Waals surface area (Å²) in [5.41, 5.74) is 3.86. The number of benzene rings is 3. The highest BCUT2D eigenvalue weighted by Gasteiger charge is 2.12. The molecule has 0 saturated carbocycles. The van der Waals surface area contributed by atoms with E-state index in [9.17, 15) is 4.79 Å². The average Bonchev–Trinajstić information content (AvgIpc) is 2.86. The molecule has 3 aromatic carbocycles. The van der Waals surface area contributed by atoms with Crippen LogP contribution < -0.4 is 4.74 Å². The number of amides is 1. The van der Waals surface area contributed by atoms with Gasteiger partial charge in [-0.1, -0.05) is 60.1 Å². The molecule has 34 heavy (non-hydrogen) atoms. The minimum Gasteiger partial charge on any atom is -0.487 e. The van der Waals surface area contributed by atoms with Crippen molar-refractivity contribution in [1.82, 2.24) is 9.88 Å².